The lowest BCUT2D eigenvalue weighted by atomic mass is 10.0. The van der Waals surface area contributed by atoms with Crippen LogP contribution in [0.3, 0.4) is 0 Å². The zero-order chi connectivity index (χ0) is 10.0. The van der Waals surface area contributed by atoms with Gasteiger partial charge in [-0.1, -0.05) is 13.8 Å². The van der Waals surface area contributed by atoms with Crippen LogP contribution in [0, 0.1) is 5.92 Å². The fourth-order valence-corrected chi connectivity index (χ4v) is 1.74. The number of nitrogens with zero attached hydrogens (tertiary/aromatic N) is 1. The first-order valence-corrected chi connectivity index (χ1v) is 5.10. The van der Waals surface area contributed by atoms with Crippen LogP contribution in [-0.4, -0.2) is 29.4 Å². The van der Waals surface area contributed by atoms with E-state index in [9.17, 15) is 4.79 Å². The molecule has 1 amide bonds. The number of amides is 1. The molecule has 0 aromatic carbocycles. The van der Waals surface area contributed by atoms with E-state index in [1.165, 1.54) is 0 Å². The lowest BCUT2D eigenvalue weighted by molar-refractivity contribution is -0.134. The molecule has 3 heteroatoms. The number of hydrogen-bond acceptors (Lipinski definition) is 2. The average Bonchev–Trinajstić information content (AvgIpc) is 2.48. The van der Waals surface area contributed by atoms with Gasteiger partial charge < -0.3 is 10.6 Å². The second-order valence-electron chi connectivity index (χ2n) is 4.29. The van der Waals surface area contributed by atoms with Crippen molar-refractivity contribution in [1.29, 1.82) is 0 Å². The molecule has 1 fully saturated rings. The predicted octanol–water partition coefficient (Wildman–Crippen LogP) is 0.981. The summed E-state index contributed by atoms with van der Waals surface area (Å²) in [5.74, 6) is 0.361. The standard InChI is InChI=1S/C10H20N2O/c1-7(2)9(11)10(13)12-6-4-5-8(12)3/h7-9H,4-6,11H2,1-3H3/t8?,9-/m1/s1. The van der Waals surface area contributed by atoms with Crippen molar-refractivity contribution in [3.63, 3.8) is 0 Å². The van der Waals surface area contributed by atoms with Gasteiger partial charge in [0.05, 0.1) is 6.04 Å². The second kappa shape index (κ2) is 4.09. The maximum atomic E-state index is 11.8. The van der Waals surface area contributed by atoms with Gasteiger partial charge in [-0.25, -0.2) is 0 Å². The Balaban J connectivity index is 2.56. The fraction of sp³-hybridized carbons (Fsp3) is 0.900. The summed E-state index contributed by atoms with van der Waals surface area (Å²) in [7, 11) is 0. The Hall–Kier alpha value is -0.570. The van der Waals surface area contributed by atoms with Gasteiger partial charge in [0.25, 0.3) is 0 Å². The Bertz CT molecular complexity index is 191. The van der Waals surface area contributed by atoms with Crippen LogP contribution in [-0.2, 0) is 4.79 Å². The molecule has 13 heavy (non-hydrogen) atoms. The van der Waals surface area contributed by atoms with Crippen LogP contribution in [0.1, 0.15) is 33.6 Å². The Labute approximate surface area is 80.3 Å². The van der Waals surface area contributed by atoms with E-state index in [1.807, 2.05) is 18.7 Å². The summed E-state index contributed by atoms with van der Waals surface area (Å²) < 4.78 is 0. The molecule has 0 bridgehead atoms. The van der Waals surface area contributed by atoms with Gasteiger partial charge in [0.1, 0.15) is 0 Å². The van der Waals surface area contributed by atoms with Crippen molar-refractivity contribution in [2.45, 2.75) is 45.7 Å². The highest BCUT2D eigenvalue weighted by Gasteiger charge is 2.29. The van der Waals surface area contributed by atoms with Gasteiger partial charge in [-0.3, -0.25) is 4.79 Å². The van der Waals surface area contributed by atoms with E-state index in [-0.39, 0.29) is 17.9 Å². The summed E-state index contributed by atoms with van der Waals surface area (Å²) in [6.45, 7) is 6.96. The van der Waals surface area contributed by atoms with Crippen LogP contribution in [0.4, 0.5) is 0 Å². The van der Waals surface area contributed by atoms with Gasteiger partial charge in [0.2, 0.25) is 5.91 Å². The lowest BCUT2D eigenvalue weighted by Gasteiger charge is -2.26. The summed E-state index contributed by atoms with van der Waals surface area (Å²) in [4.78, 5) is 13.7. The Morgan fingerprint density at radius 2 is 2.15 bits per heavy atom. The first-order chi connectivity index (χ1) is 6.04. The van der Waals surface area contributed by atoms with E-state index >= 15 is 0 Å². The third kappa shape index (κ3) is 2.21. The summed E-state index contributed by atoms with van der Waals surface area (Å²) in [6, 6.07) is 0.0675. The van der Waals surface area contributed by atoms with E-state index in [4.69, 9.17) is 5.73 Å². The average molecular weight is 184 g/mol. The third-order valence-corrected chi connectivity index (χ3v) is 2.84. The molecule has 1 rings (SSSR count). The quantitative estimate of drug-likeness (QED) is 0.695. The SMILES string of the molecule is CC(C)[C@@H](N)C(=O)N1CCCC1C. The monoisotopic (exact) mass is 184 g/mol. The maximum absolute atomic E-state index is 11.8. The van der Waals surface area contributed by atoms with E-state index in [0.29, 0.717) is 6.04 Å². The molecule has 2 N–H and O–H groups in total. The van der Waals surface area contributed by atoms with Crippen LogP contribution >= 0.6 is 0 Å². The molecular weight excluding hydrogens is 164 g/mol. The minimum Gasteiger partial charge on any atom is -0.339 e. The van der Waals surface area contributed by atoms with Crippen LogP contribution in [0.15, 0.2) is 0 Å². The largest absolute Gasteiger partial charge is 0.339 e. The normalized spacial score (nSPS) is 25.3. The first-order valence-electron chi connectivity index (χ1n) is 5.10. The first kappa shape index (κ1) is 10.5. The molecule has 0 aromatic rings. The molecule has 2 atom stereocenters. The highest BCUT2D eigenvalue weighted by molar-refractivity contribution is 5.82. The van der Waals surface area contributed by atoms with Gasteiger partial charge in [0.15, 0.2) is 0 Å². The van der Waals surface area contributed by atoms with E-state index in [1.54, 1.807) is 0 Å². The maximum Gasteiger partial charge on any atom is 0.239 e. The highest BCUT2D eigenvalue weighted by Crippen LogP contribution is 2.18. The Kier molecular flexibility index (Phi) is 3.31. The smallest absolute Gasteiger partial charge is 0.239 e. The summed E-state index contributed by atoms with van der Waals surface area (Å²) >= 11 is 0. The van der Waals surface area contributed by atoms with E-state index in [0.717, 1.165) is 19.4 Å². The zero-order valence-electron chi connectivity index (χ0n) is 8.79. The van der Waals surface area contributed by atoms with Crippen molar-refractivity contribution in [3.8, 4) is 0 Å². The zero-order valence-corrected chi connectivity index (χ0v) is 8.79. The highest BCUT2D eigenvalue weighted by atomic mass is 16.2. The van der Waals surface area contributed by atoms with Gasteiger partial charge >= 0.3 is 0 Å². The predicted molar refractivity (Wildman–Crippen MR) is 53.2 cm³/mol. The van der Waals surface area contributed by atoms with Gasteiger partial charge in [-0.2, -0.15) is 0 Å². The van der Waals surface area contributed by atoms with E-state index < -0.39 is 0 Å². The Morgan fingerprint density at radius 3 is 2.54 bits per heavy atom. The third-order valence-electron chi connectivity index (χ3n) is 2.84. The van der Waals surface area contributed by atoms with Gasteiger partial charge in [-0.05, 0) is 25.7 Å². The molecule has 0 radical (unpaired) electrons. The molecule has 1 heterocycles. The Morgan fingerprint density at radius 1 is 1.54 bits per heavy atom. The van der Waals surface area contributed by atoms with Crippen molar-refractivity contribution >= 4 is 5.91 Å². The molecule has 3 nitrogen and oxygen atoms in total. The fourth-order valence-electron chi connectivity index (χ4n) is 1.74. The molecule has 1 aliphatic rings. The topological polar surface area (TPSA) is 46.3 Å². The molecular formula is C10H20N2O. The van der Waals surface area contributed by atoms with Crippen LogP contribution < -0.4 is 5.73 Å². The number of rotatable bonds is 2. The number of hydrogen-bond donors (Lipinski definition) is 1. The van der Waals surface area contributed by atoms with E-state index in [2.05, 4.69) is 6.92 Å². The molecule has 0 saturated carbocycles. The van der Waals surface area contributed by atoms with Crippen molar-refractivity contribution in [1.82, 2.24) is 4.90 Å². The van der Waals surface area contributed by atoms with Gasteiger partial charge in [-0.15, -0.1) is 0 Å². The molecule has 0 aliphatic carbocycles. The summed E-state index contributed by atoms with van der Waals surface area (Å²) in [5, 5.41) is 0. The van der Waals surface area contributed by atoms with Crippen molar-refractivity contribution in [2.75, 3.05) is 6.54 Å². The van der Waals surface area contributed by atoms with Crippen LogP contribution in [0.5, 0.6) is 0 Å². The minimum atomic E-state index is -0.319. The van der Waals surface area contributed by atoms with Crippen molar-refractivity contribution in [3.05, 3.63) is 0 Å². The van der Waals surface area contributed by atoms with Crippen LogP contribution in [0.2, 0.25) is 0 Å². The van der Waals surface area contributed by atoms with Crippen molar-refractivity contribution in [2.24, 2.45) is 11.7 Å². The molecule has 0 aromatic heterocycles. The minimum absolute atomic E-state index is 0.125. The number of carbonyl (C=O) groups excluding carboxylic acids is 1. The van der Waals surface area contributed by atoms with Crippen molar-refractivity contribution < 1.29 is 4.79 Å². The summed E-state index contributed by atoms with van der Waals surface area (Å²) in [6.07, 6.45) is 2.24. The lowest BCUT2D eigenvalue weighted by Crippen LogP contribution is -2.47. The van der Waals surface area contributed by atoms with Gasteiger partial charge in [0, 0.05) is 12.6 Å². The number of nitrogens with two attached hydrogens (primary N) is 1. The summed E-state index contributed by atoms with van der Waals surface area (Å²) in [5.41, 5.74) is 5.81. The molecule has 1 saturated heterocycles. The molecule has 0 spiro atoms. The number of likely N-dealkylation sites (tertiary alicyclic amines) is 1. The number of carbonyl (C=O) groups is 1. The van der Waals surface area contributed by atoms with Crippen LogP contribution in [0.25, 0.3) is 0 Å². The second-order valence-corrected chi connectivity index (χ2v) is 4.29. The molecule has 1 unspecified atom stereocenters. The molecule has 76 valence electrons. The molecule has 1 aliphatic heterocycles.